The molecule has 6 fully saturated rings. The Kier molecular flexibility index (Phi) is 5.37. The van der Waals surface area contributed by atoms with E-state index in [-0.39, 0.29) is 46.1 Å². The van der Waals surface area contributed by atoms with Gasteiger partial charge in [0.15, 0.2) is 0 Å². The standard InChI is InChI=1S/C31H52O4/c1-26(2)21-10-11-22-29(6)17-19(32)25(20-9-12-24(35-20)27(3,4)34-8)28(29,5)15-16-31(22)18-30(21,31)14-13-23(26)33-7/h19-25,32H,9-18H2,1-8H3/t19-,20?,21-,22-,23-,24-,25+,28+,29-,30+,31?/m0/s1. The van der Waals surface area contributed by atoms with Gasteiger partial charge in [0.1, 0.15) is 0 Å². The Bertz CT molecular complexity index is 868. The van der Waals surface area contributed by atoms with Gasteiger partial charge in [-0.2, -0.15) is 0 Å². The molecule has 0 radical (unpaired) electrons. The fraction of sp³-hybridized carbons (Fsp3) is 1.00. The van der Waals surface area contributed by atoms with Gasteiger partial charge in [-0.25, -0.2) is 0 Å². The van der Waals surface area contributed by atoms with Gasteiger partial charge in [-0.05, 0) is 117 Å². The van der Waals surface area contributed by atoms with E-state index >= 15 is 0 Å². The lowest BCUT2D eigenvalue weighted by atomic mass is 9.42. The molecule has 5 aliphatic carbocycles. The number of aliphatic hydroxyl groups excluding tert-OH is 1. The van der Waals surface area contributed by atoms with E-state index in [1.54, 1.807) is 7.11 Å². The average Bonchev–Trinajstić information content (AvgIpc) is 3.07. The zero-order valence-electron chi connectivity index (χ0n) is 23.8. The largest absolute Gasteiger partial charge is 0.393 e. The van der Waals surface area contributed by atoms with Gasteiger partial charge < -0.3 is 19.3 Å². The highest BCUT2D eigenvalue weighted by Gasteiger charge is 2.83. The molecule has 0 aromatic rings. The van der Waals surface area contributed by atoms with E-state index in [1.165, 1.54) is 44.9 Å². The van der Waals surface area contributed by atoms with E-state index in [4.69, 9.17) is 14.2 Å². The molecule has 200 valence electrons. The van der Waals surface area contributed by atoms with Crippen LogP contribution in [0.15, 0.2) is 0 Å². The Morgan fingerprint density at radius 3 is 2.20 bits per heavy atom. The number of aliphatic hydroxyl groups is 1. The Labute approximate surface area is 214 Å². The van der Waals surface area contributed by atoms with Crippen molar-refractivity contribution in [1.29, 1.82) is 0 Å². The summed E-state index contributed by atoms with van der Waals surface area (Å²) in [4.78, 5) is 0. The van der Waals surface area contributed by atoms with Gasteiger partial charge in [0, 0.05) is 20.1 Å². The summed E-state index contributed by atoms with van der Waals surface area (Å²) in [5, 5.41) is 11.7. The quantitative estimate of drug-likeness (QED) is 0.498. The number of hydrogen-bond acceptors (Lipinski definition) is 4. The van der Waals surface area contributed by atoms with Gasteiger partial charge >= 0.3 is 0 Å². The molecule has 4 nitrogen and oxygen atoms in total. The number of hydrogen-bond donors (Lipinski definition) is 1. The normalized spacial score (nSPS) is 56.7. The van der Waals surface area contributed by atoms with Crippen LogP contribution in [-0.2, 0) is 14.2 Å². The SMILES string of the molecule is CO[C@H]1CC[C@]23CC24CC[C@]2(C)[C@@H](C5CC[C@@H](C(C)(C)OC)O5)[C@@H](O)C[C@@]2(C)[C@@H]4CC[C@H]3C1(C)C. The fourth-order valence-corrected chi connectivity index (χ4v) is 12.1. The van der Waals surface area contributed by atoms with Crippen molar-refractivity contribution in [2.75, 3.05) is 14.2 Å². The molecule has 2 unspecified atom stereocenters. The summed E-state index contributed by atoms with van der Waals surface area (Å²) in [6.45, 7) is 14.4. The van der Waals surface area contributed by atoms with Crippen molar-refractivity contribution in [2.24, 2.45) is 44.8 Å². The van der Waals surface area contributed by atoms with Gasteiger partial charge in [0.2, 0.25) is 0 Å². The summed E-state index contributed by atoms with van der Waals surface area (Å²) in [6.07, 6.45) is 12.8. The predicted octanol–water partition coefficient (Wildman–Crippen LogP) is 6.38. The Balaban J connectivity index is 1.29. The van der Waals surface area contributed by atoms with E-state index in [2.05, 4.69) is 41.5 Å². The molecular weight excluding hydrogens is 436 g/mol. The third-order valence-corrected chi connectivity index (χ3v) is 14.1. The number of methoxy groups -OCH3 is 2. The molecule has 35 heavy (non-hydrogen) atoms. The van der Waals surface area contributed by atoms with Crippen LogP contribution in [0.25, 0.3) is 0 Å². The van der Waals surface area contributed by atoms with Crippen molar-refractivity contribution in [1.82, 2.24) is 0 Å². The van der Waals surface area contributed by atoms with Gasteiger partial charge in [-0.1, -0.05) is 27.7 Å². The van der Waals surface area contributed by atoms with Gasteiger partial charge in [-0.15, -0.1) is 0 Å². The Hall–Kier alpha value is -0.160. The first-order valence-electron chi connectivity index (χ1n) is 14.7. The molecule has 6 aliphatic rings. The van der Waals surface area contributed by atoms with Gasteiger partial charge in [-0.3, -0.25) is 0 Å². The van der Waals surface area contributed by atoms with Crippen LogP contribution in [0.4, 0.5) is 0 Å². The fourth-order valence-electron chi connectivity index (χ4n) is 12.1. The molecule has 1 N–H and O–H groups in total. The van der Waals surface area contributed by atoms with Crippen LogP contribution in [0.3, 0.4) is 0 Å². The third kappa shape index (κ3) is 2.90. The van der Waals surface area contributed by atoms with Crippen molar-refractivity contribution >= 4 is 0 Å². The highest BCUT2D eigenvalue weighted by atomic mass is 16.6. The summed E-state index contributed by atoms with van der Waals surface area (Å²) < 4.78 is 18.6. The molecule has 4 heteroatoms. The zero-order valence-corrected chi connectivity index (χ0v) is 23.8. The summed E-state index contributed by atoms with van der Waals surface area (Å²) in [6, 6.07) is 0. The van der Waals surface area contributed by atoms with Crippen LogP contribution in [0.2, 0.25) is 0 Å². The Morgan fingerprint density at radius 1 is 0.829 bits per heavy atom. The van der Waals surface area contributed by atoms with E-state index in [1.807, 2.05) is 7.11 Å². The highest BCUT2D eigenvalue weighted by molar-refractivity contribution is 5.31. The van der Waals surface area contributed by atoms with E-state index < -0.39 is 0 Å². The second-order valence-electron chi connectivity index (χ2n) is 15.4. The highest BCUT2D eigenvalue weighted by Crippen LogP contribution is 2.89. The number of rotatable bonds is 4. The van der Waals surface area contributed by atoms with E-state index in [0.29, 0.717) is 16.9 Å². The molecule has 0 aromatic heterocycles. The van der Waals surface area contributed by atoms with Crippen LogP contribution in [0.5, 0.6) is 0 Å². The predicted molar refractivity (Wildman–Crippen MR) is 138 cm³/mol. The molecule has 1 saturated heterocycles. The van der Waals surface area contributed by atoms with Crippen LogP contribution in [0.1, 0.15) is 106 Å². The molecule has 6 rings (SSSR count). The first-order chi connectivity index (χ1) is 16.3. The minimum atomic E-state index is -0.272. The molecule has 0 amide bonds. The lowest BCUT2D eigenvalue weighted by molar-refractivity contribution is -0.177. The van der Waals surface area contributed by atoms with Crippen molar-refractivity contribution in [3.63, 3.8) is 0 Å². The third-order valence-electron chi connectivity index (χ3n) is 14.1. The lowest BCUT2D eigenvalue weighted by Crippen LogP contribution is -2.58. The molecule has 0 bridgehead atoms. The Morgan fingerprint density at radius 2 is 1.51 bits per heavy atom. The van der Waals surface area contributed by atoms with E-state index in [0.717, 1.165) is 31.1 Å². The second-order valence-corrected chi connectivity index (χ2v) is 15.4. The molecule has 5 saturated carbocycles. The lowest BCUT2D eigenvalue weighted by Gasteiger charge is -2.63. The molecule has 0 aromatic carbocycles. The molecular formula is C31H52O4. The molecule has 2 spiro atoms. The molecule has 1 aliphatic heterocycles. The average molecular weight is 489 g/mol. The van der Waals surface area contributed by atoms with Crippen molar-refractivity contribution in [3.05, 3.63) is 0 Å². The zero-order chi connectivity index (χ0) is 25.2. The van der Waals surface area contributed by atoms with Crippen LogP contribution in [0, 0.1) is 44.8 Å². The van der Waals surface area contributed by atoms with Crippen LogP contribution < -0.4 is 0 Å². The topological polar surface area (TPSA) is 47.9 Å². The summed E-state index contributed by atoms with van der Waals surface area (Å²) in [7, 11) is 3.72. The van der Waals surface area contributed by atoms with E-state index in [9.17, 15) is 5.11 Å². The first kappa shape index (κ1) is 25.1. The van der Waals surface area contributed by atoms with Gasteiger partial charge in [0.25, 0.3) is 0 Å². The van der Waals surface area contributed by atoms with Crippen molar-refractivity contribution in [2.45, 2.75) is 136 Å². The van der Waals surface area contributed by atoms with Crippen molar-refractivity contribution < 1.29 is 19.3 Å². The summed E-state index contributed by atoms with van der Waals surface area (Å²) >= 11 is 0. The minimum absolute atomic E-state index is 0.121. The van der Waals surface area contributed by atoms with Crippen molar-refractivity contribution in [3.8, 4) is 0 Å². The summed E-state index contributed by atoms with van der Waals surface area (Å²) in [5.41, 5.74) is 1.37. The monoisotopic (exact) mass is 488 g/mol. The number of fused-ring (bicyclic) bond motifs is 2. The van der Waals surface area contributed by atoms with Crippen LogP contribution in [-0.4, -0.2) is 49.3 Å². The minimum Gasteiger partial charge on any atom is -0.393 e. The second kappa shape index (κ2) is 7.48. The first-order valence-corrected chi connectivity index (χ1v) is 14.7. The summed E-state index contributed by atoms with van der Waals surface area (Å²) in [5.74, 6) is 1.78. The maximum Gasteiger partial charge on any atom is 0.0883 e. The smallest absolute Gasteiger partial charge is 0.0883 e. The maximum atomic E-state index is 11.7. The molecule has 11 atom stereocenters. The van der Waals surface area contributed by atoms with Gasteiger partial charge in [0.05, 0.1) is 30.0 Å². The van der Waals surface area contributed by atoms with Crippen LogP contribution >= 0.6 is 0 Å². The molecule has 1 heterocycles. The maximum absolute atomic E-state index is 11.7. The number of ether oxygens (including phenoxy) is 3.